The van der Waals surface area contributed by atoms with Crippen LogP contribution in [0.5, 0.6) is 5.75 Å². The maximum atomic E-state index is 12.9. The summed E-state index contributed by atoms with van der Waals surface area (Å²) >= 11 is 1.55. The Morgan fingerprint density at radius 2 is 2.18 bits per heavy atom. The highest BCUT2D eigenvalue weighted by molar-refractivity contribution is 7.09. The third kappa shape index (κ3) is 5.71. The van der Waals surface area contributed by atoms with E-state index in [1.54, 1.807) is 17.4 Å². The molecular formula is C15H17FN2O3S. The second kappa shape index (κ2) is 8.35. The SMILES string of the molecule is O=C(NCc1cccs1)NC[C@@H](O)COc1cccc(F)c1. The van der Waals surface area contributed by atoms with E-state index < -0.39 is 11.9 Å². The number of thiophene rings is 1. The molecule has 22 heavy (non-hydrogen) atoms. The van der Waals surface area contributed by atoms with Crippen molar-refractivity contribution in [1.82, 2.24) is 10.6 Å². The van der Waals surface area contributed by atoms with Crippen LogP contribution in [-0.4, -0.2) is 30.4 Å². The van der Waals surface area contributed by atoms with Crippen LogP contribution in [0.1, 0.15) is 4.88 Å². The second-order valence-corrected chi connectivity index (χ2v) is 5.60. The van der Waals surface area contributed by atoms with Crippen molar-refractivity contribution in [2.45, 2.75) is 12.6 Å². The monoisotopic (exact) mass is 324 g/mol. The largest absolute Gasteiger partial charge is 0.491 e. The number of urea groups is 1. The number of aliphatic hydroxyl groups is 1. The number of halogens is 1. The number of hydrogen-bond donors (Lipinski definition) is 3. The predicted octanol–water partition coefficient (Wildman–Crippen LogP) is 2.13. The quantitative estimate of drug-likeness (QED) is 0.731. The van der Waals surface area contributed by atoms with Gasteiger partial charge in [0.25, 0.3) is 0 Å². The summed E-state index contributed by atoms with van der Waals surface area (Å²) in [5.41, 5.74) is 0. The molecule has 0 radical (unpaired) electrons. The Hall–Kier alpha value is -2.12. The number of rotatable bonds is 7. The van der Waals surface area contributed by atoms with Crippen molar-refractivity contribution in [1.29, 1.82) is 0 Å². The smallest absolute Gasteiger partial charge is 0.315 e. The third-order valence-electron chi connectivity index (χ3n) is 2.74. The zero-order chi connectivity index (χ0) is 15.8. The first-order valence-corrected chi connectivity index (χ1v) is 7.62. The van der Waals surface area contributed by atoms with Crippen molar-refractivity contribution in [3.63, 3.8) is 0 Å². The molecule has 0 saturated heterocycles. The van der Waals surface area contributed by atoms with E-state index in [1.165, 1.54) is 18.2 Å². The van der Waals surface area contributed by atoms with Gasteiger partial charge in [-0.15, -0.1) is 11.3 Å². The average Bonchev–Trinajstić information content (AvgIpc) is 3.02. The highest BCUT2D eigenvalue weighted by atomic mass is 32.1. The minimum absolute atomic E-state index is 0.0331. The van der Waals surface area contributed by atoms with Gasteiger partial charge in [-0.1, -0.05) is 12.1 Å². The highest BCUT2D eigenvalue weighted by Gasteiger charge is 2.08. The normalized spacial score (nSPS) is 11.7. The maximum absolute atomic E-state index is 12.9. The Bertz CT molecular complexity index is 592. The molecule has 0 fully saturated rings. The molecule has 118 valence electrons. The Kier molecular flexibility index (Phi) is 6.17. The molecule has 0 unspecified atom stereocenters. The van der Waals surface area contributed by atoms with Gasteiger partial charge in [0.2, 0.25) is 0 Å². The lowest BCUT2D eigenvalue weighted by atomic mass is 10.3. The summed E-state index contributed by atoms with van der Waals surface area (Å²) in [5, 5.41) is 16.9. The van der Waals surface area contributed by atoms with Crippen LogP contribution in [-0.2, 0) is 6.54 Å². The number of ether oxygens (including phenoxy) is 1. The van der Waals surface area contributed by atoms with Gasteiger partial charge >= 0.3 is 6.03 Å². The van der Waals surface area contributed by atoms with Crippen LogP contribution >= 0.6 is 11.3 Å². The van der Waals surface area contributed by atoms with Gasteiger partial charge in [-0.3, -0.25) is 0 Å². The number of amides is 2. The lowest BCUT2D eigenvalue weighted by Gasteiger charge is -2.13. The molecule has 3 N–H and O–H groups in total. The molecule has 0 spiro atoms. The summed E-state index contributed by atoms with van der Waals surface area (Å²) < 4.78 is 18.2. The zero-order valence-electron chi connectivity index (χ0n) is 11.8. The summed E-state index contributed by atoms with van der Waals surface area (Å²) in [6.07, 6.45) is -0.879. The summed E-state index contributed by atoms with van der Waals surface area (Å²) in [4.78, 5) is 12.6. The van der Waals surface area contributed by atoms with E-state index in [0.29, 0.717) is 12.3 Å². The van der Waals surface area contributed by atoms with Gasteiger partial charge in [0.05, 0.1) is 6.54 Å². The van der Waals surface area contributed by atoms with Gasteiger partial charge in [0, 0.05) is 17.5 Å². The molecule has 1 aromatic heterocycles. The molecule has 2 aromatic rings. The van der Waals surface area contributed by atoms with Crippen molar-refractivity contribution in [2.24, 2.45) is 0 Å². The van der Waals surface area contributed by atoms with E-state index in [4.69, 9.17) is 4.74 Å². The number of aliphatic hydroxyl groups excluding tert-OH is 1. The van der Waals surface area contributed by atoms with Gasteiger partial charge in [-0.05, 0) is 23.6 Å². The zero-order valence-corrected chi connectivity index (χ0v) is 12.6. The van der Waals surface area contributed by atoms with E-state index in [2.05, 4.69) is 10.6 Å². The molecule has 0 aliphatic carbocycles. The maximum Gasteiger partial charge on any atom is 0.315 e. The summed E-state index contributed by atoms with van der Waals surface area (Å²) in [6, 6.07) is 9.12. The molecule has 0 saturated carbocycles. The van der Waals surface area contributed by atoms with E-state index in [9.17, 15) is 14.3 Å². The van der Waals surface area contributed by atoms with Crippen molar-refractivity contribution < 1.29 is 19.0 Å². The van der Waals surface area contributed by atoms with Crippen LogP contribution in [0, 0.1) is 5.82 Å². The molecule has 1 heterocycles. The first kappa shape index (κ1) is 16.3. The first-order chi connectivity index (χ1) is 10.6. The summed E-state index contributed by atoms with van der Waals surface area (Å²) in [5.74, 6) is -0.0701. The molecule has 1 aromatic carbocycles. The van der Waals surface area contributed by atoms with Gasteiger partial charge < -0.3 is 20.5 Å². The van der Waals surface area contributed by atoms with E-state index in [1.807, 2.05) is 17.5 Å². The minimum atomic E-state index is -0.879. The highest BCUT2D eigenvalue weighted by Crippen LogP contribution is 2.12. The first-order valence-electron chi connectivity index (χ1n) is 6.74. The molecular weight excluding hydrogens is 307 g/mol. The fourth-order valence-electron chi connectivity index (χ4n) is 1.66. The van der Waals surface area contributed by atoms with Crippen LogP contribution in [0.25, 0.3) is 0 Å². The third-order valence-corrected chi connectivity index (χ3v) is 3.62. The van der Waals surface area contributed by atoms with Crippen LogP contribution in [0.15, 0.2) is 41.8 Å². The molecule has 7 heteroatoms. The molecule has 5 nitrogen and oxygen atoms in total. The fourth-order valence-corrected chi connectivity index (χ4v) is 2.31. The van der Waals surface area contributed by atoms with Gasteiger partial charge in [0.1, 0.15) is 24.3 Å². The standard InChI is InChI=1S/C15H17FN2O3S/c16-11-3-1-4-13(7-11)21-10-12(19)8-17-15(20)18-9-14-5-2-6-22-14/h1-7,12,19H,8-10H2,(H2,17,18,20)/t12-/m1/s1. The van der Waals surface area contributed by atoms with Crippen molar-refractivity contribution in [3.05, 3.63) is 52.5 Å². The van der Waals surface area contributed by atoms with Crippen LogP contribution in [0.3, 0.4) is 0 Å². The topological polar surface area (TPSA) is 70.6 Å². The van der Waals surface area contributed by atoms with Crippen molar-refractivity contribution >= 4 is 17.4 Å². The van der Waals surface area contributed by atoms with Crippen LogP contribution in [0.2, 0.25) is 0 Å². The lowest BCUT2D eigenvalue weighted by Crippen LogP contribution is -2.40. The molecule has 0 bridgehead atoms. The number of benzene rings is 1. The Morgan fingerprint density at radius 1 is 1.32 bits per heavy atom. The minimum Gasteiger partial charge on any atom is -0.491 e. The Labute approximate surface area is 131 Å². The Morgan fingerprint density at radius 3 is 2.91 bits per heavy atom. The van der Waals surface area contributed by atoms with E-state index in [-0.39, 0.29) is 19.2 Å². The second-order valence-electron chi connectivity index (χ2n) is 4.57. The van der Waals surface area contributed by atoms with E-state index >= 15 is 0 Å². The van der Waals surface area contributed by atoms with Crippen LogP contribution in [0.4, 0.5) is 9.18 Å². The van der Waals surface area contributed by atoms with Crippen LogP contribution < -0.4 is 15.4 Å². The lowest BCUT2D eigenvalue weighted by molar-refractivity contribution is 0.107. The molecule has 2 amide bonds. The fraction of sp³-hybridized carbons (Fsp3) is 0.267. The number of carbonyl (C=O) groups is 1. The number of carbonyl (C=O) groups excluding carboxylic acids is 1. The number of hydrogen-bond acceptors (Lipinski definition) is 4. The number of nitrogens with one attached hydrogen (secondary N) is 2. The molecule has 0 aliphatic rings. The van der Waals surface area contributed by atoms with Crippen molar-refractivity contribution in [3.8, 4) is 5.75 Å². The molecule has 2 rings (SSSR count). The molecule has 1 atom stereocenters. The van der Waals surface area contributed by atoms with Gasteiger partial charge in [-0.2, -0.15) is 0 Å². The summed E-state index contributed by atoms with van der Waals surface area (Å²) in [7, 11) is 0. The van der Waals surface area contributed by atoms with E-state index in [0.717, 1.165) is 4.88 Å². The molecule has 0 aliphatic heterocycles. The average molecular weight is 324 g/mol. The van der Waals surface area contributed by atoms with Gasteiger partial charge in [0.15, 0.2) is 0 Å². The van der Waals surface area contributed by atoms with Crippen molar-refractivity contribution in [2.75, 3.05) is 13.2 Å². The summed E-state index contributed by atoms with van der Waals surface area (Å²) in [6.45, 7) is 0.458. The van der Waals surface area contributed by atoms with Gasteiger partial charge in [-0.25, -0.2) is 9.18 Å². The Balaban J connectivity index is 1.62. The predicted molar refractivity (Wildman–Crippen MR) is 82.5 cm³/mol.